The smallest absolute Gasteiger partial charge is 0.119 e. The third kappa shape index (κ3) is 3.39. The van der Waals surface area contributed by atoms with Crippen LogP contribution in [-0.4, -0.2) is 16.9 Å². The van der Waals surface area contributed by atoms with Crippen LogP contribution in [0.2, 0.25) is 0 Å². The van der Waals surface area contributed by atoms with Gasteiger partial charge in [-0.15, -0.1) is 0 Å². The van der Waals surface area contributed by atoms with Gasteiger partial charge in [-0.3, -0.25) is 4.68 Å². The third-order valence-corrected chi connectivity index (χ3v) is 3.47. The highest BCUT2D eigenvalue weighted by atomic mass is 16.5. The molecule has 2 rings (SSSR count). The molecule has 1 aromatic carbocycles. The van der Waals surface area contributed by atoms with Crippen LogP contribution in [0.1, 0.15) is 36.8 Å². The second-order valence-electron chi connectivity index (χ2n) is 4.97. The van der Waals surface area contributed by atoms with Gasteiger partial charge in [0.05, 0.1) is 18.5 Å². The Hall–Kier alpha value is -1.81. The summed E-state index contributed by atoms with van der Waals surface area (Å²) in [5.41, 5.74) is 3.51. The standard InChI is InChI=1S/C16H23N3O/c1-5-19-15(9-12(2)18-19)11-17-13(3)14-7-6-8-16(10-14)20-4/h6-10,13,17H,5,11H2,1-4H3/t13-/m0/s1. The van der Waals surface area contributed by atoms with E-state index >= 15 is 0 Å². The van der Waals surface area contributed by atoms with E-state index in [9.17, 15) is 0 Å². The number of aryl methyl sites for hydroxylation is 2. The molecular formula is C16H23N3O. The zero-order chi connectivity index (χ0) is 14.5. The van der Waals surface area contributed by atoms with Crippen LogP contribution in [0.25, 0.3) is 0 Å². The highest BCUT2D eigenvalue weighted by Gasteiger charge is 2.08. The van der Waals surface area contributed by atoms with Crippen molar-refractivity contribution < 1.29 is 4.74 Å². The van der Waals surface area contributed by atoms with Crippen LogP contribution in [0.15, 0.2) is 30.3 Å². The quantitative estimate of drug-likeness (QED) is 0.879. The summed E-state index contributed by atoms with van der Waals surface area (Å²) < 4.78 is 7.31. The number of rotatable bonds is 6. The van der Waals surface area contributed by atoms with Crippen molar-refractivity contribution >= 4 is 0 Å². The summed E-state index contributed by atoms with van der Waals surface area (Å²) in [6.45, 7) is 8.02. The Balaban J connectivity index is 2.02. The van der Waals surface area contributed by atoms with Gasteiger partial charge in [0, 0.05) is 19.1 Å². The molecule has 0 saturated heterocycles. The summed E-state index contributed by atoms with van der Waals surface area (Å²) in [6, 6.07) is 10.6. The van der Waals surface area contributed by atoms with Crippen molar-refractivity contribution in [3.8, 4) is 5.75 Å². The summed E-state index contributed by atoms with van der Waals surface area (Å²) in [5.74, 6) is 0.894. The van der Waals surface area contributed by atoms with E-state index in [0.717, 1.165) is 24.5 Å². The minimum absolute atomic E-state index is 0.269. The summed E-state index contributed by atoms with van der Waals surface area (Å²) in [7, 11) is 1.69. The minimum atomic E-state index is 0.269. The van der Waals surface area contributed by atoms with E-state index in [-0.39, 0.29) is 6.04 Å². The molecule has 0 unspecified atom stereocenters. The van der Waals surface area contributed by atoms with E-state index in [1.54, 1.807) is 7.11 Å². The van der Waals surface area contributed by atoms with Gasteiger partial charge in [-0.1, -0.05) is 12.1 Å². The fraction of sp³-hybridized carbons (Fsp3) is 0.438. The highest BCUT2D eigenvalue weighted by Crippen LogP contribution is 2.19. The van der Waals surface area contributed by atoms with E-state index < -0.39 is 0 Å². The maximum atomic E-state index is 5.27. The maximum Gasteiger partial charge on any atom is 0.119 e. The van der Waals surface area contributed by atoms with Crippen LogP contribution >= 0.6 is 0 Å². The van der Waals surface area contributed by atoms with Crippen LogP contribution in [0.5, 0.6) is 5.75 Å². The zero-order valence-corrected chi connectivity index (χ0v) is 12.7. The van der Waals surface area contributed by atoms with Crippen LogP contribution in [0, 0.1) is 6.92 Å². The summed E-state index contributed by atoms with van der Waals surface area (Å²) >= 11 is 0. The summed E-state index contributed by atoms with van der Waals surface area (Å²) in [5, 5.41) is 8.00. The Kier molecular flexibility index (Phi) is 4.79. The van der Waals surface area contributed by atoms with Crippen molar-refractivity contribution in [1.29, 1.82) is 0 Å². The lowest BCUT2D eigenvalue weighted by Crippen LogP contribution is -2.20. The summed E-state index contributed by atoms with van der Waals surface area (Å²) in [6.07, 6.45) is 0. The minimum Gasteiger partial charge on any atom is -0.497 e. The first-order chi connectivity index (χ1) is 9.63. The predicted molar refractivity (Wildman–Crippen MR) is 80.9 cm³/mol. The Morgan fingerprint density at radius 2 is 2.15 bits per heavy atom. The van der Waals surface area contributed by atoms with Crippen molar-refractivity contribution in [1.82, 2.24) is 15.1 Å². The lowest BCUT2D eigenvalue weighted by atomic mass is 10.1. The van der Waals surface area contributed by atoms with E-state index in [0.29, 0.717) is 0 Å². The van der Waals surface area contributed by atoms with E-state index in [1.807, 2.05) is 23.7 Å². The SMILES string of the molecule is CCn1nc(C)cc1CN[C@@H](C)c1cccc(OC)c1. The number of nitrogens with one attached hydrogen (secondary N) is 1. The average molecular weight is 273 g/mol. The lowest BCUT2D eigenvalue weighted by Gasteiger charge is -2.15. The first kappa shape index (κ1) is 14.6. The Morgan fingerprint density at radius 1 is 1.35 bits per heavy atom. The number of benzene rings is 1. The van der Waals surface area contributed by atoms with Gasteiger partial charge < -0.3 is 10.1 Å². The predicted octanol–water partition coefficient (Wildman–Crippen LogP) is 3.07. The first-order valence-corrected chi connectivity index (χ1v) is 7.04. The molecule has 1 atom stereocenters. The molecule has 20 heavy (non-hydrogen) atoms. The molecular weight excluding hydrogens is 250 g/mol. The number of aromatic nitrogens is 2. The molecule has 0 radical (unpaired) electrons. The molecule has 4 heteroatoms. The number of hydrogen-bond donors (Lipinski definition) is 1. The molecule has 0 aliphatic heterocycles. The molecule has 2 aromatic rings. The molecule has 108 valence electrons. The normalized spacial score (nSPS) is 12.4. The Labute approximate surface area is 120 Å². The van der Waals surface area contributed by atoms with Crippen LogP contribution in [0.3, 0.4) is 0 Å². The van der Waals surface area contributed by atoms with Gasteiger partial charge in [0.25, 0.3) is 0 Å². The van der Waals surface area contributed by atoms with Gasteiger partial charge in [0.1, 0.15) is 5.75 Å². The lowest BCUT2D eigenvalue weighted by molar-refractivity contribution is 0.413. The third-order valence-electron chi connectivity index (χ3n) is 3.47. The molecule has 1 aromatic heterocycles. The van der Waals surface area contributed by atoms with E-state index in [1.165, 1.54) is 11.3 Å². The largest absolute Gasteiger partial charge is 0.497 e. The number of ether oxygens (including phenoxy) is 1. The van der Waals surface area contributed by atoms with Gasteiger partial charge in [0.15, 0.2) is 0 Å². The first-order valence-electron chi connectivity index (χ1n) is 7.04. The zero-order valence-electron chi connectivity index (χ0n) is 12.7. The Bertz CT molecular complexity index is 563. The average Bonchev–Trinajstić information content (AvgIpc) is 2.85. The number of hydrogen-bond acceptors (Lipinski definition) is 3. The molecule has 0 aliphatic rings. The molecule has 0 bridgehead atoms. The van der Waals surface area contributed by atoms with Crippen molar-refractivity contribution in [2.45, 2.75) is 39.9 Å². The second kappa shape index (κ2) is 6.57. The highest BCUT2D eigenvalue weighted by molar-refractivity contribution is 5.30. The molecule has 0 saturated carbocycles. The molecule has 1 N–H and O–H groups in total. The Morgan fingerprint density at radius 3 is 2.85 bits per heavy atom. The van der Waals surface area contributed by atoms with Crippen LogP contribution in [0.4, 0.5) is 0 Å². The molecule has 0 spiro atoms. The molecule has 0 amide bonds. The van der Waals surface area contributed by atoms with Crippen molar-refractivity contribution in [3.05, 3.63) is 47.3 Å². The maximum absolute atomic E-state index is 5.27. The second-order valence-corrected chi connectivity index (χ2v) is 4.97. The van der Waals surface area contributed by atoms with Crippen LogP contribution in [-0.2, 0) is 13.1 Å². The molecule has 0 aliphatic carbocycles. The molecule has 0 fully saturated rings. The van der Waals surface area contributed by atoms with Crippen LogP contribution < -0.4 is 10.1 Å². The number of nitrogens with zero attached hydrogens (tertiary/aromatic N) is 2. The summed E-state index contributed by atoms with van der Waals surface area (Å²) in [4.78, 5) is 0. The van der Waals surface area contributed by atoms with E-state index in [4.69, 9.17) is 4.74 Å². The number of methoxy groups -OCH3 is 1. The van der Waals surface area contributed by atoms with Gasteiger partial charge in [-0.2, -0.15) is 5.10 Å². The topological polar surface area (TPSA) is 39.1 Å². The van der Waals surface area contributed by atoms with Gasteiger partial charge in [-0.25, -0.2) is 0 Å². The van der Waals surface area contributed by atoms with Gasteiger partial charge in [0.2, 0.25) is 0 Å². The van der Waals surface area contributed by atoms with Crippen molar-refractivity contribution in [3.63, 3.8) is 0 Å². The van der Waals surface area contributed by atoms with Gasteiger partial charge in [-0.05, 0) is 44.5 Å². The fourth-order valence-electron chi connectivity index (χ4n) is 2.30. The monoisotopic (exact) mass is 273 g/mol. The molecule has 4 nitrogen and oxygen atoms in total. The fourth-order valence-corrected chi connectivity index (χ4v) is 2.30. The molecule has 1 heterocycles. The van der Waals surface area contributed by atoms with Gasteiger partial charge >= 0.3 is 0 Å². The van der Waals surface area contributed by atoms with Crippen molar-refractivity contribution in [2.75, 3.05) is 7.11 Å². The van der Waals surface area contributed by atoms with Crippen molar-refractivity contribution in [2.24, 2.45) is 0 Å². The van der Waals surface area contributed by atoms with E-state index in [2.05, 4.69) is 42.5 Å².